The molecule has 1 heterocycles. The number of nitrogens with one attached hydrogen (secondary N) is 1. The maximum atomic E-state index is 13.1. The molecule has 1 aliphatic heterocycles. The third kappa shape index (κ3) is 5.57. The molecule has 0 aliphatic carbocycles. The predicted molar refractivity (Wildman–Crippen MR) is 120 cm³/mol. The van der Waals surface area contributed by atoms with E-state index < -0.39 is 23.7 Å². The first-order chi connectivity index (χ1) is 15.0. The lowest BCUT2D eigenvalue weighted by Crippen LogP contribution is -2.39. The van der Waals surface area contributed by atoms with E-state index in [4.69, 9.17) is 0 Å². The Morgan fingerprint density at radius 2 is 1.58 bits per heavy atom. The summed E-state index contributed by atoms with van der Waals surface area (Å²) in [5, 5.41) is 2.61. The van der Waals surface area contributed by atoms with Crippen molar-refractivity contribution in [3.63, 3.8) is 0 Å². The van der Waals surface area contributed by atoms with Crippen molar-refractivity contribution in [2.45, 2.75) is 64.2 Å². The van der Waals surface area contributed by atoms with Gasteiger partial charge in [-0.2, -0.15) is 0 Å². The van der Waals surface area contributed by atoms with Gasteiger partial charge in [0.15, 0.2) is 0 Å². The normalized spacial score (nSPS) is 15.1. The van der Waals surface area contributed by atoms with Crippen molar-refractivity contribution in [1.82, 2.24) is 0 Å². The van der Waals surface area contributed by atoms with Crippen LogP contribution in [0.5, 0.6) is 0 Å². The van der Waals surface area contributed by atoms with Gasteiger partial charge in [0.05, 0.1) is 5.69 Å². The van der Waals surface area contributed by atoms with Crippen LogP contribution in [0, 0.1) is 5.82 Å². The van der Waals surface area contributed by atoms with E-state index in [1.165, 1.54) is 49.9 Å². The van der Waals surface area contributed by atoms with Gasteiger partial charge in [-0.3, -0.25) is 9.59 Å². The first kappa shape index (κ1) is 22.7. The van der Waals surface area contributed by atoms with Crippen molar-refractivity contribution in [2.24, 2.45) is 0 Å². The predicted octanol–water partition coefficient (Wildman–Crippen LogP) is 6.20. The molecule has 1 atom stereocenters. The molecular weight excluding hydrogens is 395 g/mol. The molecule has 0 saturated carbocycles. The fraction of sp³-hybridized carbons (Fsp3) is 0.400. The van der Waals surface area contributed by atoms with Gasteiger partial charge < -0.3 is 5.32 Å². The third-order valence-corrected chi connectivity index (χ3v) is 5.60. The van der Waals surface area contributed by atoms with Crippen molar-refractivity contribution >= 4 is 29.1 Å². The zero-order valence-electron chi connectivity index (χ0n) is 17.9. The van der Waals surface area contributed by atoms with Crippen molar-refractivity contribution in [1.29, 1.82) is 0 Å². The summed E-state index contributed by atoms with van der Waals surface area (Å²) in [6, 6.07) is 11.5. The average Bonchev–Trinajstić information content (AvgIpc) is 3.06. The molecule has 0 spiro atoms. The number of hydrogen-bond donors (Lipinski definition) is 1. The van der Waals surface area contributed by atoms with Gasteiger partial charge in [0, 0.05) is 12.1 Å². The van der Waals surface area contributed by atoms with Gasteiger partial charge in [-0.05, 0) is 42.3 Å². The largest absolute Gasteiger partial charge is 0.333 e. The highest BCUT2D eigenvalue weighted by Gasteiger charge is 2.44. The Labute approximate surface area is 182 Å². The van der Waals surface area contributed by atoms with Gasteiger partial charge in [-0.15, -0.1) is 0 Å². The second kappa shape index (κ2) is 10.8. The second-order valence-corrected chi connectivity index (χ2v) is 7.94. The van der Waals surface area contributed by atoms with Crippen LogP contribution in [0.2, 0.25) is 0 Å². The number of urea groups is 1. The van der Waals surface area contributed by atoms with E-state index in [2.05, 4.69) is 12.2 Å². The second-order valence-electron chi connectivity index (χ2n) is 7.94. The minimum atomic E-state index is -0.949. The lowest BCUT2D eigenvalue weighted by molar-refractivity contribution is -0.128. The summed E-state index contributed by atoms with van der Waals surface area (Å²) in [5.41, 5.74) is 1.36. The number of fused-ring (bicyclic) bond motifs is 1. The molecule has 0 aromatic heterocycles. The fourth-order valence-electron chi connectivity index (χ4n) is 3.95. The number of carbonyl (C=O) groups excluding carboxylic acids is 3. The number of unbranched alkanes of at least 4 members (excludes halogenated alkanes) is 6. The number of para-hydroxylation sites is 1. The standard InChI is InChI=1S/C25H29FN2O3/c1-2-3-4-5-6-7-8-13-22(29)23-20-11-9-10-12-21(20)28(24(23)30)25(31)27-19-16-14-18(26)15-17-19/h9-12,14-17,23H,2-8,13H2,1H3,(H,27,31). The molecule has 0 bridgehead atoms. The maximum absolute atomic E-state index is 13.1. The number of ketones is 1. The minimum Gasteiger partial charge on any atom is -0.307 e. The number of carbonyl (C=O) groups is 3. The van der Waals surface area contributed by atoms with Crippen LogP contribution in [0.15, 0.2) is 48.5 Å². The summed E-state index contributed by atoms with van der Waals surface area (Å²) in [5.74, 6) is -2.05. The van der Waals surface area contributed by atoms with Crippen LogP contribution < -0.4 is 10.2 Å². The molecule has 6 heteroatoms. The molecule has 5 nitrogen and oxygen atoms in total. The van der Waals surface area contributed by atoms with Gasteiger partial charge >= 0.3 is 6.03 Å². The Hall–Kier alpha value is -3.02. The molecule has 0 radical (unpaired) electrons. The molecule has 164 valence electrons. The average molecular weight is 425 g/mol. The van der Waals surface area contributed by atoms with Gasteiger partial charge in [0.25, 0.3) is 0 Å². The summed E-state index contributed by atoms with van der Waals surface area (Å²) in [7, 11) is 0. The highest BCUT2D eigenvalue weighted by molar-refractivity contribution is 6.29. The molecule has 0 saturated heterocycles. The summed E-state index contributed by atoms with van der Waals surface area (Å²) in [6.45, 7) is 2.18. The Morgan fingerprint density at radius 3 is 2.29 bits per heavy atom. The topological polar surface area (TPSA) is 66.5 Å². The SMILES string of the molecule is CCCCCCCCCC(=O)C1C(=O)N(C(=O)Nc2ccc(F)cc2)c2ccccc21. The summed E-state index contributed by atoms with van der Waals surface area (Å²) >= 11 is 0. The molecule has 0 fully saturated rings. The van der Waals surface area contributed by atoms with Crippen LogP contribution in [-0.2, 0) is 9.59 Å². The van der Waals surface area contributed by atoms with Gasteiger partial charge in [0.2, 0.25) is 5.91 Å². The quantitative estimate of drug-likeness (QED) is 0.365. The number of benzene rings is 2. The first-order valence-electron chi connectivity index (χ1n) is 11.0. The van der Waals surface area contributed by atoms with Crippen LogP contribution >= 0.6 is 0 Å². The number of anilines is 2. The van der Waals surface area contributed by atoms with E-state index in [1.54, 1.807) is 24.3 Å². The number of rotatable bonds is 10. The molecule has 1 N–H and O–H groups in total. The number of Topliss-reactive ketones (excluding diaryl/α,β-unsaturated/α-hetero) is 1. The highest BCUT2D eigenvalue weighted by atomic mass is 19.1. The Balaban J connectivity index is 1.65. The summed E-state index contributed by atoms with van der Waals surface area (Å²) < 4.78 is 13.1. The highest BCUT2D eigenvalue weighted by Crippen LogP contribution is 2.39. The zero-order valence-corrected chi connectivity index (χ0v) is 17.9. The maximum Gasteiger partial charge on any atom is 0.333 e. The Morgan fingerprint density at radius 1 is 0.935 bits per heavy atom. The lowest BCUT2D eigenvalue weighted by Gasteiger charge is -2.17. The molecule has 2 aromatic rings. The summed E-state index contributed by atoms with van der Waals surface area (Å²) in [4.78, 5) is 39.8. The molecule has 1 aliphatic rings. The molecule has 3 amide bonds. The van der Waals surface area contributed by atoms with Crippen molar-refractivity contribution in [2.75, 3.05) is 10.2 Å². The van der Waals surface area contributed by atoms with E-state index in [0.717, 1.165) is 24.2 Å². The van der Waals surface area contributed by atoms with E-state index in [1.807, 2.05) is 0 Å². The van der Waals surface area contributed by atoms with Crippen LogP contribution in [0.1, 0.15) is 69.8 Å². The van der Waals surface area contributed by atoms with E-state index >= 15 is 0 Å². The van der Waals surface area contributed by atoms with Crippen molar-refractivity contribution in [3.05, 3.63) is 59.9 Å². The Kier molecular flexibility index (Phi) is 7.93. The molecule has 31 heavy (non-hydrogen) atoms. The van der Waals surface area contributed by atoms with E-state index in [0.29, 0.717) is 23.4 Å². The van der Waals surface area contributed by atoms with Crippen LogP contribution in [0.25, 0.3) is 0 Å². The van der Waals surface area contributed by atoms with Gasteiger partial charge in [-0.1, -0.05) is 63.6 Å². The van der Waals surface area contributed by atoms with Gasteiger partial charge in [-0.25, -0.2) is 14.1 Å². The minimum absolute atomic E-state index is 0.150. The van der Waals surface area contributed by atoms with Crippen LogP contribution in [-0.4, -0.2) is 17.7 Å². The van der Waals surface area contributed by atoms with E-state index in [-0.39, 0.29) is 5.78 Å². The van der Waals surface area contributed by atoms with Gasteiger partial charge in [0.1, 0.15) is 17.5 Å². The number of halogens is 1. The number of hydrogen-bond acceptors (Lipinski definition) is 3. The lowest BCUT2D eigenvalue weighted by atomic mass is 9.93. The molecular formula is C25H29FN2O3. The molecule has 1 unspecified atom stereocenters. The summed E-state index contributed by atoms with van der Waals surface area (Å²) in [6.07, 6.45) is 7.96. The first-order valence-corrected chi connectivity index (χ1v) is 11.0. The van der Waals surface area contributed by atoms with Crippen molar-refractivity contribution < 1.29 is 18.8 Å². The third-order valence-electron chi connectivity index (χ3n) is 5.60. The number of imide groups is 1. The fourth-order valence-corrected chi connectivity index (χ4v) is 3.95. The van der Waals surface area contributed by atoms with E-state index in [9.17, 15) is 18.8 Å². The van der Waals surface area contributed by atoms with Crippen molar-refractivity contribution in [3.8, 4) is 0 Å². The zero-order chi connectivity index (χ0) is 22.2. The molecule has 2 aromatic carbocycles. The monoisotopic (exact) mass is 424 g/mol. The van der Waals surface area contributed by atoms with Crippen LogP contribution in [0.3, 0.4) is 0 Å². The smallest absolute Gasteiger partial charge is 0.307 e. The molecule has 3 rings (SSSR count). The number of amides is 3. The Bertz CT molecular complexity index is 927. The van der Waals surface area contributed by atoms with Crippen LogP contribution in [0.4, 0.5) is 20.6 Å². The number of nitrogens with zero attached hydrogens (tertiary/aromatic N) is 1.